The van der Waals surface area contributed by atoms with E-state index in [4.69, 9.17) is 16.4 Å². The molecule has 3 N–H and O–H groups in total. The van der Waals surface area contributed by atoms with Gasteiger partial charge in [-0.3, -0.25) is 9.63 Å². The molecule has 0 unspecified atom stereocenters. The van der Waals surface area contributed by atoms with E-state index in [1.54, 1.807) is 43.4 Å². The van der Waals surface area contributed by atoms with Gasteiger partial charge in [0.15, 0.2) is 11.6 Å². The van der Waals surface area contributed by atoms with Gasteiger partial charge >= 0.3 is 0 Å². The highest BCUT2D eigenvalue weighted by molar-refractivity contribution is 6.29. The van der Waals surface area contributed by atoms with E-state index < -0.39 is 5.82 Å². The minimum absolute atomic E-state index is 0.0492. The molecule has 8 nitrogen and oxygen atoms in total. The second kappa shape index (κ2) is 9.07. The van der Waals surface area contributed by atoms with Crippen LogP contribution in [-0.4, -0.2) is 27.9 Å². The molecule has 0 saturated heterocycles. The first-order valence-corrected chi connectivity index (χ1v) is 8.53. The summed E-state index contributed by atoms with van der Waals surface area (Å²) >= 11 is 5.73. The van der Waals surface area contributed by atoms with Crippen molar-refractivity contribution in [1.29, 1.82) is 0 Å². The summed E-state index contributed by atoms with van der Waals surface area (Å²) in [5, 5.41) is 5.67. The topological polar surface area (TPSA) is 101 Å². The van der Waals surface area contributed by atoms with Crippen LogP contribution < -0.4 is 16.1 Å². The third kappa shape index (κ3) is 5.12. The van der Waals surface area contributed by atoms with E-state index >= 15 is 0 Å². The Morgan fingerprint density at radius 2 is 2.07 bits per heavy atom. The summed E-state index contributed by atoms with van der Waals surface area (Å²) < 4.78 is 13.9. The average molecular weight is 403 g/mol. The molecule has 1 amide bonds. The molecule has 2 aromatic heterocycles. The van der Waals surface area contributed by atoms with Crippen molar-refractivity contribution < 1.29 is 14.0 Å². The minimum Gasteiger partial charge on any atom is -0.355 e. The number of carbonyl (C=O) groups excluding carboxylic acids is 1. The largest absolute Gasteiger partial charge is 0.355 e. The van der Waals surface area contributed by atoms with Crippen LogP contribution in [0.2, 0.25) is 5.15 Å². The Balaban J connectivity index is 1.62. The highest BCUT2D eigenvalue weighted by Crippen LogP contribution is 2.19. The number of hydrogen-bond acceptors (Lipinski definition) is 7. The fourth-order valence-electron chi connectivity index (χ4n) is 2.22. The number of pyridine rings is 1. The molecule has 0 aliphatic rings. The standard InChI is InChI=1S/C18H16ClFN6O2/c1-21-17(27)12-4-2-3-11(7-12)10-28-26-18-23-9-14(20)16(25-18)24-13-5-6-15(19)22-8-13/h2-9H,10H2,1H3,(H,21,27)(H2,23,24,25,26). The van der Waals surface area contributed by atoms with Crippen molar-refractivity contribution in [1.82, 2.24) is 20.3 Å². The van der Waals surface area contributed by atoms with Gasteiger partial charge < -0.3 is 10.6 Å². The first-order chi connectivity index (χ1) is 13.5. The number of halogens is 2. The molecule has 10 heteroatoms. The molecule has 3 rings (SSSR count). The summed E-state index contributed by atoms with van der Waals surface area (Å²) in [5.74, 6) is -0.817. The zero-order chi connectivity index (χ0) is 19.9. The van der Waals surface area contributed by atoms with Crippen molar-refractivity contribution in [2.75, 3.05) is 17.8 Å². The summed E-state index contributed by atoms with van der Waals surface area (Å²) in [6.07, 6.45) is 2.46. The van der Waals surface area contributed by atoms with Crippen LogP contribution in [0.4, 0.5) is 21.8 Å². The molecular formula is C18H16ClFN6O2. The second-order valence-corrected chi connectivity index (χ2v) is 5.94. The quantitative estimate of drug-likeness (QED) is 0.411. The van der Waals surface area contributed by atoms with Crippen LogP contribution in [0.25, 0.3) is 0 Å². The molecule has 0 radical (unpaired) electrons. The number of benzene rings is 1. The van der Waals surface area contributed by atoms with Crippen molar-refractivity contribution in [2.24, 2.45) is 0 Å². The lowest BCUT2D eigenvalue weighted by Crippen LogP contribution is -2.17. The van der Waals surface area contributed by atoms with Crippen LogP contribution in [0, 0.1) is 5.82 Å². The third-order valence-corrected chi connectivity index (χ3v) is 3.78. The van der Waals surface area contributed by atoms with E-state index in [1.807, 2.05) is 0 Å². The molecular weight excluding hydrogens is 387 g/mol. The number of amides is 1. The van der Waals surface area contributed by atoms with Crippen LogP contribution in [0.5, 0.6) is 0 Å². The van der Waals surface area contributed by atoms with E-state index in [2.05, 4.69) is 31.1 Å². The third-order valence-electron chi connectivity index (χ3n) is 3.55. The van der Waals surface area contributed by atoms with Gasteiger partial charge in [0.1, 0.15) is 5.15 Å². The summed E-state index contributed by atoms with van der Waals surface area (Å²) in [6.45, 7) is 0.148. The molecule has 0 aliphatic heterocycles. The first-order valence-electron chi connectivity index (χ1n) is 8.15. The van der Waals surface area contributed by atoms with Gasteiger partial charge in [0.2, 0.25) is 5.95 Å². The number of nitrogens with one attached hydrogen (secondary N) is 3. The Morgan fingerprint density at radius 1 is 1.21 bits per heavy atom. The van der Waals surface area contributed by atoms with Crippen molar-refractivity contribution in [2.45, 2.75) is 6.61 Å². The Hall–Kier alpha value is -3.30. The smallest absolute Gasteiger partial charge is 0.251 e. The predicted molar refractivity (Wildman–Crippen MR) is 103 cm³/mol. The number of anilines is 3. The highest BCUT2D eigenvalue weighted by atomic mass is 35.5. The van der Waals surface area contributed by atoms with E-state index in [-0.39, 0.29) is 24.3 Å². The van der Waals surface area contributed by atoms with Gasteiger partial charge in [-0.05, 0) is 29.8 Å². The van der Waals surface area contributed by atoms with Gasteiger partial charge in [-0.1, -0.05) is 23.7 Å². The normalized spacial score (nSPS) is 10.4. The number of carbonyl (C=O) groups is 1. The van der Waals surface area contributed by atoms with Crippen LogP contribution >= 0.6 is 11.6 Å². The molecule has 28 heavy (non-hydrogen) atoms. The summed E-state index contributed by atoms with van der Waals surface area (Å²) in [7, 11) is 1.56. The molecule has 0 atom stereocenters. The second-order valence-electron chi connectivity index (χ2n) is 5.55. The zero-order valence-electron chi connectivity index (χ0n) is 14.7. The van der Waals surface area contributed by atoms with Crippen LogP contribution in [0.15, 0.2) is 48.8 Å². The van der Waals surface area contributed by atoms with Gasteiger partial charge in [0, 0.05) is 12.6 Å². The summed E-state index contributed by atoms with van der Waals surface area (Å²) in [5.41, 5.74) is 4.35. The SMILES string of the molecule is CNC(=O)c1cccc(CONc2ncc(F)c(Nc3ccc(Cl)nc3)n2)c1. The lowest BCUT2D eigenvalue weighted by molar-refractivity contribution is 0.0962. The summed E-state index contributed by atoms with van der Waals surface area (Å²) in [4.78, 5) is 28.8. The van der Waals surface area contributed by atoms with Crippen molar-refractivity contribution in [3.63, 3.8) is 0 Å². The Kier molecular flexibility index (Phi) is 6.30. The maximum Gasteiger partial charge on any atom is 0.251 e. The summed E-state index contributed by atoms with van der Waals surface area (Å²) in [6, 6.07) is 10.2. The minimum atomic E-state index is -0.640. The first kappa shape index (κ1) is 19.5. The number of aromatic nitrogens is 3. The Bertz CT molecular complexity index is 971. The Morgan fingerprint density at radius 3 is 2.82 bits per heavy atom. The van der Waals surface area contributed by atoms with E-state index in [9.17, 15) is 9.18 Å². The number of rotatable bonds is 7. The van der Waals surface area contributed by atoms with Gasteiger partial charge in [0.25, 0.3) is 5.91 Å². The fraction of sp³-hybridized carbons (Fsp3) is 0.111. The molecule has 2 heterocycles. The molecule has 144 valence electrons. The van der Waals surface area contributed by atoms with Gasteiger partial charge in [-0.15, -0.1) is 0 Å². The van der Waals surface area contributed by atoms with Gasteiger partial charge in [-0.2, -0.15) is 4.98 Å². The average Bonchev–Trinajstić information content (AvgIpc) is 2.71. The number of nitrogens with zero attached hydrogens (tertiary/aromatic N) is 3. The zero-order valence-corrected chi connectivity index (χ0v) is 15.5. The van der Waals surface area contributed by atoms with Crippen LogP contribution in [0.1, 0.15) is 15.9 Å². The maximum absolute atomic E-state index is 13.9. The van der Waals surface area contributed by atoms with E-state index in [1.165, 1.54) is 6.20 Å². The van der Waals surface area contributed by atoms with Gasteiger partial charge in [-0.25, -0.2) is 19.8 Å². The molecule has 0 spiro atoms. The maximum atomic E-state index is 13.9. The lowest BCUT2D eigenvalue weighted by atomic mass is 10.1. The molecule has 0 aliphatic carbocycles. The van der Waals surface area contributed by atoms with E-state index in [0.29, 0.717) is 16.4 Å². The van der Waals surface area contributed by atoms with Crippen molar-refractivity contribution in [3.05, 3.63) is 70.9 Å². The molecule has 0 saturated carbocycles. The predicted octanol–water partition coefficient (Wildman–Crippen LogP) is 3.31. The van der Waals surface area contributed by atoms with E-state index in [0.717, 1.165) is 11.8 Å². The van der Waals surface area contributed by atoms with Crippen LogP contribution in [0.3, 0.4) is 0 Å². The van der Waals surface area contributed by atoms with Crippen molar-refractivity contribution >= 4 is 35.0 Å². The molecule has 0 bridgehead atoms. The Labute approximate surface area is 165 Å². The van der Waals surface area contributed by atoms with Crippen molar-refractivity contribution in [3.8, 4) is 0 Å². The molecule has 3 aromatic rings. The van der Waals surface area contributed by atoms with Crippen LogP contribution in [-0.2, 0) is 11.4 Å². The monoisotopic (exact) mass is 402 g/mol. The number of hydrogen-bond donors (Lipinski definition) is 3. The fourth-order valence-corrected chi connectivity index (χ4v) is 2.33. The lowest BCUT2D eigenvalue weighted by Gasteiger charge is -2.10. The molecule has 0 fully saturated rings. The van der Waals surface area contributed by atoms with Gasteiger partial charge in [0.05, 0.1) is 24.7 Å². The molecule has 1 aromatic carbocycles. The highest BCUT2D eigenvalue weighted by Gasteiger charge is 2.09.